The summed E-state index contributed by atoms with van der Waals surface area (Å²) < 4.78 is 0. The summed E-state index contributed by atoms with van der Waals surface area (Å²) in [6.45, 7) is 7.92. The van der Waals surface area contributed by atoms with Crippen LogP contribution in [-0.2, 0) is 6.54 Å². The summed E-state index contributed by atoms with van der Waals surface area (Å²) in [7, 11) is 1.92. The van der Waals surface area contributed by atoms with Gasteiger partial charge >= 0.3 is 0 Å². The number of aliphatic hydroxyl groups is 1. The van der Waals surface area contributed by atoms with E-state index < -0.39 is 0 Å². The van der Waals surface area contributed by atoms with Crippen molar-refractivity contribution >= 4 is 5.82 Å². The van der Waals surface area contributed by atoms with E-state index in [9.17, 15) is 0 Å². The molecule has 0 radical (unpaired) electrons. The van der Waals surface area contributed by atoms with Crippen LogP contribution in [0.15, 0.2) is 24.8 Å². The first kappa shape index (κ1) is 13.7. The lowest BCUT2D eigenvalue weighted by molar-refractivity contribution is 0.302. The molecule has 0 aliphatic heterocycles. The topological polar surface area (TPSA) is 48.4 Å². The van der Waals surface area contributed by atoms with E-state index >= 15 is 0 Å². The van der Waals surface area contributed by atoms with Gasteiger partial charge in [0, 0.05) is 25.3 Å². The lowest BCUT2D eigenvalue weighted by Crippen LogP contribution is -2.27. The summed E-state index contributed by atoms with van der Waals surface area (Å²) in [6, 6.07) is 4.06. The summed E-state index contributed by atoms with van der Waals surface area (Å²) in [4.78, 5) is 6.56. The molecular formula is C13H21N3O. The Morgan fingerprint density at radius 3 is 2.82 bits per heavy atom. The van der Waals surface area contributed by atoms with Gasteiger partial charge in [0.05, 0.1) is 6.61 Å². The number of aryl methyl sites for hydroxylation is 1. The van der Waals surface area contributed by atoms with Crippen LogP contribution in [0.1, 0.15) is 11.3 Å². The van der Waals surface area contributed by atoms with Gasteiger partial charge in [0.2, 0.25) is 0 Å². The van der Waals surface area contributed by atoms with Crippen molar-refractivity contribution < 1.29 is 5.11 Å². The molecule has 0 atom stereocenters. The van der Waals surface area contributed by atoms with E-state index in [1.54, 1.807) is 0 Å². The van der Waals surface area contributed by atoms with E-state index in [1.807, 2.05) is 31.0 Å². The summed E-state index contributed by atoms with van der Waals surface area (Å²) in [5.41, 5.74) is 2.21. The number of pyridine rings is 1. The van der Waals surface area contributed by atoms with Gasteiger partial charge in [0.15, 0.2) is 0 Å². The van der Waals surface area contributed by atoms with Gasteiger partial charge < -0.3 is 15.3 Å². The van der Waals surface area contributed by atoms with Crippen molar-refractivity contribution in [2.24, 2.45) is 0 Å². The molecule has 0 unspecified atom stereocenters. The highest BCUT2D eigenvalue weighted by Crippen LogP contribution is 2.14. The molecule has 0 aliphatic rings. The maximum Gasteiger partial charge on any atom is 0.129 e. The quantitative estimate of drug-likeness (QED) is 0.695. The Balaban J connectivity index is 2.88. The van der Waals surface area contributed by atoms with Gasteiger partial charge in [-0.2, -0.15) is 0 Å². The molecule has 2 N–H and O–H groups in total. The minimum atomic E-state index is 0.118. The zero-order chi connectivity index (χ0) is 12.7. The van der Waals surface area contributed by atoms with E-state index in [1.165, 1.54) is 5.56 Å². The van der Waals surface area contributed by atoms with Crippen LogP contribution in [0.25, 0.3) is 0 Å². The fourth-order valence-electron chi connectivity index (χ4n) is 1.71. The number of rotatable bonds is 7. The molecule has 0 aliphatic carbocycles. The zero-order valence-electron chi connectivity index (χ0n) is 10.6. The van der Waals surface area contributed by atoms with Crippen molar-refractivity contribution in [1.82, 2.24) is 10.3 Å². The van der Waals surface area contributed by atoms with Crippen LogP contribution in [0.2, 0.25) is 0 Å². The third-order valence-corrected chi connectivity index (χ3v) is 2.59. The zero-order valence-corrected chi connectivity index (χ0v) is 10.6. The Labute approximate surface area is 103 Å². The molecule has 1 aromatic heterocycles. The van der Waals surface area contributed by atoms with E-state index in [-0.39, 0.29) is 6.61 Å². The minimum Gasteiger partial charge on any atom is -0.395 e. The first-order chi connectivity index (χ1) is 8.22. The van der Waals surface area contributed by atoms with Crippen molar-refractivity contribution in [1.29, 1.82) is 0 Å². The first-order valence-electron chi connectivity index (χ1n) is 5.80. The maximum atomic E-state index is 9.02. The number of nitrogens with zero attached hydrogens (tertiary/aromatic N) is 2. The van der Waals surface area contributed by atoms with Gasteiger partial charge in [-0.05, 0) is 25.6 Å². The van der Waals surface area contributed by atoms with Crippen LogP contribution in [0.3, 0.4) is 0 Å². The molecule has 0 bridgehead atoms. The van der Waals surface area contributed by atoms with E-state index in [4.69, 9.17) is 5.11 Å². The molecule has 4 nitrogen and oxygen atoms in total. The molecule has 1 rings (SSSR count). The Morgan fingerprint density at radius 2 is 2.29 bits per heavy atom. The molecule has 0 fully saturated rings. The number of anilines is 1. The Morgan fingerprint density at radius 1 is 1.53 bits per heavy atom. The molecule has 17 heavy (non-hydrogen) atoms. The van der Waals surface area contributed by atoms with Crippen molar-refractivity contribution in [3.8, 4) is 0 Å². The van der Waals surface area contributed by atoms with Gasteiger partial charge in [-0.15, -0.1) is 6.58 Å². The van der Waals surface area contributed by atoms with Crippen molar-refractivity contribution in [2.45, 2.75) is 13.5 Å². The lowest BCUT2D eigenvalue weighted by Gasteiger charge is -2.22. The van der Waals surface area contributed by atoms with Crippen LogP contribution >= 0.6 is 0 Å². The predicted octanol–water partition coefficient (Wildman–Crippen LogP) is 1.09. The normalized spacial score (nSPS) is 10.3. The fourth-order valence-corrected chi connectivity index (χ4v) is 1.71. The van der Waals surface area contributed by atoms with Gasteiger partial charge in [0.25, 0.3) is 0 Å². The summed E-state index contributed by atoms with van der Waals surface area (Å²) >= 11 is 0. The second-order valence-electron chi connectivity index (χ2n) is 3.90. The Hall–Kier alpha value is -1.39. The number of hydrogen-bond donors (Lipinski definition) is 2. The number of hydrogen-bond acceptors (Lipinski definition) is 4. The molecule has 0 amide bonds. The average molecular weight is 235 g/mol. The van der Waals surface area contributed by atoms with Crippen LogP contribution in [0, 0.1) is 6.92 Å². The molecular weight excluding hydrogens is 214 g/mol. The van der Waals surface area contributed by atoms with E-state index in [0.29, 0.717) is 13.1 Å². The molecule has 1 aromatic rings. The van der Waals surface area contributed by atoms with Gasteiger partial charge in [0.1, 0.15) is 5.82 Å². The lowest BCUT2D eigenvalue weighted by atomic mass is 10.2. The number of nitrogens with one attached hydrogen (secondary N) is 1. The Bertz CT molecular complexity index is 366. The molecule has 0 saturated carbocycles. The molecule has 94 valence electrons. The molecule has 0 saturated heterocycles. The maximum absolute atomic E-state index is 9.02. The highest BCUT2D eigenvalue weighted by atomic mass is 16.3. The largest absolute Gasteiger partial charge is 0.395 e. The van der Waals surface area contributed by atoms with Crippen LogP contribution < -0.4 is 10.2 Å². The van der Waals surface area contributed by atoms with Gasteiger partial charge in [-0.25, -0.2) is 4.98 Å². The molecule has 0 aromatic carbocycles. The summed E-state index contributed by atoms with van der Waals surface area (Å²) in [6.07, 6.45) is 1.81. The number of aliphatic hydroxyl groups excluding tert-OH is 1. The molecule has 1 heterocycles. The Kier molecular flexibility index (Phi) is 5.66. The SMILES string of the molecule is C=CCN(CCO)c1ccc(CNC)c(C)n1. The first-order valence-corrected chi connectivity index (χ1v) is 5.80. The monoisotopic (exact) mass is 235 g/mol. The number of aromatic nitrogens is 1. The highest BCUT2D eigenvalue weighted by Gasteiger charge is 2.07. The summed E-state index contributed by atoms with van der Waals surface area (Å²) in [5.74, 6) is 0.885. The van der Waals surface area contributed by atoms with Crippen molar-refractivity contribution in [3.05, 3.63) is 36.0 Å². The van der Waals surface area contributed by atoms with Crippen molar-refractivity contribution in [3.63, 3.8) is 0 Å². The van der Waals surface area contributed by atoms with E-state index in [2.05, 4.69) is 22.9 Å². The standard InChI is InChI=1S/C13H21N3O/c1-4-7-16(8-9-17)13-6-5-12(10-14-3)11(2)15-13/h4-6,14,17H,1,7-10H2,2-3H3. The molecule has 4 heteroatoms. The van der Waals surface area contributed by atoms with Gasteiger partial charge in [-0.3, -0.25) is 0 Å². The van der Waals surface area contributed by atoms with Gasteiger partial charge in [-0.1, -0.05) is 12.1 Å². The minimum absolute atomic E-state index is 0.118. The third-order valence-electron chi connectivity index (χ3n) is 2.59. The van der Waals surface area contributed by atoms with Crippen molar-refractivity contribution in [2.75, 3.05) is 31.6 Å². The second-order valence-corrected chi connectivity index (χ2v) is 3.90. The highest BCUT2D eigenvalue weighted by molar-refractivity contribution is 5.42. The fraction of sp³-hybridized carbons (Fsp3) is 0.462. The van der Waals surface area contributed by atoms with Crippen LogP contribution in [-0.4, -0.2) is 36.8 Å². The molecule has 0 spiro atoms. The smallest absolute Gasteiger partial charge is 0.129 e. The van der Waals surface area contributed by atoms with Crippen LogP contribution in [0.4, 0.5) is 5.82 Å². The van der Waals surface area contributed by atoms with Crippen LogP contribution in [0.5, 0.6) is 0 Å². The average Bonchev–Trinajstić information content (AvgIpc) is 2.32. The van der Waals surface area contributed by atoms with E-state index in [0.717, 1.165) is 18.1 Å². The predicted molar refractivity (Wildman–Crippen MR) is 71.2 cm³/mol. The summed E-state index contributed by atoms with van der Waals surface area (Å²) in [5, 5.41) is 12.1. The second kappa shape index (κ2) is 7.04. The third kappa shape index (κ3) is 3.84.